The van der Waals surface area contributed by atoms with E-state index in [1.54, 1.807) is 11.3 Å². The molecule has 3 heterocycles. The summed E-state index contributed by atoms with van der Waals surface area (Å²) in [5.41, 5.74) is 0. The van der Waals surface area contributed by atoms with Crippen LogP contribution >= 0.6 is 23.1 Å². The van der Waals surface area contributed by atoms with Gasteiger partial charge < -0.3 is 10.1 Å². The molecule has 1 aliphatic rings. The van der Waals surface area contributed by atoms with Crippen LogP contribution in [0, 0.1) is 0 Å². The van der Waals surface area contributed by atoms with E-state index in [-0.39, 0.29) is 12.0 Å². The molecule has 0 aromatic carbocycles. The molecule has 0 spiro atoms. The van der Waals surface area contributed by atoms with Gasteiger partial charge in [-0.3, -0.25) is 9.36 Å². The van der Waals surface area contributed by atoms with Crippen LogP contribution in [0.15, 0.2) is 22.7 Å². The molecule has 1 amide bonds. The lowest BCUT2D eigenvalue weighted by molar-refractivity contribution is -0.118. The van der Waals surface area contributed by atoms with Crippen LogP contribution in [0.4, 0.5) is 0 Å². The Labute approximate surface area is 143 Å². The molecule has 0 saturated carbocycles. The third-order valence-electron chi connectivity index (χ3n) is 3.57. The SMILES string of the molecule is CCNC(=O)CSc1nnc(-c2cccs2)n1CC1CCCO1. The molecule has 0 radical (unpaired) electrons. The minimum absolute atomic E-state index is 0.0156. The number of nitrogens with one attached hydrogen (secondary N) is 1. The van der Waals surface area contributed by atoms with Gasteiger partial charge in [0.2, 0.25) is 5.91 Å². The zero-order valence-corrected chi connectivity index (χ0v) is 14.7. The minimum atomic E-state index is 0.0156. The van der Waals surface area contributed by atoms with Crippen LogP contribution in [0.5, 0.6) is 0 Å². The van der Waals surface area contributed by atoms with Gasteiger partial charge in [-0.1, -0.05) is 17.8 Å². The molecular weight excluding hydrogens is 332 g/mol. The zero-order chi connectivity index (χ0) is 16.1. The van der Waals surface area contributed by atoms with Crippen molar-refractivity contribution in [3.05, 3.63) is 17.5 Å². The van der Waals surface area contributed by atoms with Crippen molar-refractivity contribution < 1.29 is 9.53 Å². The first-order valence-electron chi connectivity index (χ1n) is 7.76. The normalized spacial score (nSPS) is 17.5. The average Bonchev–Trinajstić information content (AvgIpc) is 3.28. The van der Waals surface area contributed by atoms with Gasteiger partial charge in [0.15, 0.2) is 11.0 Å². The van der Waals surface area contributed by atoms with Crippen molar-refractivity contribution in [2.45, 2.75) is 37.6 Å². The van der Waals surface area contributed by atoms with Gasteiger partial charge in [-0.2, -0.15) is 0 Å². The molecule has 2 aromatic rings. The number of thioether (sulfide) groups is 1. The van der Waals surface area contributed by atoms with Crippen molar-refractivity contribution in [1.82, 2.24) is 20.1 Å². The van der Waals surface area contributed by atoms with E-state index in [9.17, 15) is 4.79 Å². The maximum absolute atomic E-state index is 11.7. The van der Waals surface area contributed by atoms with Gasteiger partial charge in [0, 0.05) is 13.2 Å². The molecule has 1 atom stereocenters. The Morgan fingerprint density at radius 3 is 3.17 bits per heavy atom. The zero-order valence-electron chi connectivity index (χ0n) is 13.0. The summed E-state index contributed by atoms with van der Waals surface area (Å²) in [4.78, 5) is 12.8. The van der Waals surface area contributed by atoms with E-state index in [0.29, 0.717) is 12.3 Å². The van der Waals surface area contributed by atoms with E-state index in [4.69, 9.17) is 4.74 Å². The number of hydrogen-bond donors (Lipinski definition) is 1. The number of aromatic nitrogens is 3. The van der Waals surface area contributed by atoms with Crippen molar-refractivity contribution in [3.63, 3.8) is 0 Å². The number of thiophene rings is 1. The van der Waals surface area contributed by atoms with E-state index in [1.165, 1.54) is 11.8 Å². The number of hydrogen-bond acceptors (Lipinski definition) is 6. The number of amides is 1. The Hall–Kier alpha value is -1.38. The molecule has 23 heavy (non-hydrogen) atoms. The second kappa shape index (κ2) is 7.94. The van der Waals surface area contributed by atoms with Crippen LogP contribution in [0.2, 0.25) is 0 Å². The Morgan fingerprint density at radius 1 is 1.57 bits per heavy atom. The molecule has 124 valence electrons. The molecule has 1 aliphatic heterocycles. The van der Waals surface area contributed by atoms with Crippen LogP contribution in [-0.4, -0.2) is 45.7 Å². The van der Waals surface area contributed by atoms with Crippen molar-refractivity contribution in [1.29, 1.82) is 0 Å². The van der Waals surface area contributed by atoms with E-state index < -0.39 is 0 Å². The van der Waals surface area contributed by atoms with Gasteiger partial charge in [-0.25, -0.2) is 0 Å². The Bertz CT molecular complexity index is 636. The van der Waals surface area contributed by atoms with Crippen molar-refractivity contribution in [3.8, 4) is 10.7 Å². The molecule has 6 nitrogen and oxygen atoms in total. The summed E-state index contributed by atoms with van der Waals surface area (Å²) in [6.07, 6.45) is 2.36. The molecule has 0 aliphatic carbocycles. The van der Waals surface area contributed by atoms with Crippen molar-refractivity contribution >= 4 is 29.0 Å². The summed E-state index contributed by atoms with van der Waals surface area (Å²) in [6, 6.07) is 4.05. The Balaban J connectivity index is 1.78. The van der Waals surface area contributed by atoms with Crippen molar-refractivity contribution in [2.75, 3.05) is 18.9 Å². The highest BCUT2D eigenvalue weighted by atomic mass is 32.2. The van der Waals surface area contributed by atoms with E-state index in [2.05, 4.69) is 20.1 Å². The molecular formula is C15H20N4O2S2. The molecule has 1 unspecified atom stereocenters. The van der Waals surface area contributed by atoms with Gasteiger partial charge in [-0.15, -0.1) is 21.5 Å². The summed E-state index contributed by atoms with van der Waals surface area (Å²) in [7, 11) is 0. The minimum Gasteiger partial charge on any atom is -0.376 e. The molecule has 1 fully saturated rings. The fraction of sp³-hybridized carbons (Fsp3) is 0.533. The van der Waals surface area contributed by atoms with E-state index in [1.807, 2.05) is 24.4 Å². The lowest BCUT2D eigenvalue weighted by Gasteiger charge is -2.14. The summed E-state index contributed by atoms with van der Waals surface area (Å²) >= 11 is 3.06. The highest BCUT2D eigenvalue weighted by Crippen LogP contribution is 2.28. The van der Waals surface area contributed by atoms with Crippen LogP contribution < -0.4 is 5.32 Å². The maximum Gasteiger partial charge on any atom is 0.230 e. The highest BCUT2D eigenvalue weighted by Gasteiger charge is 2.22. The number of rotatable bonds is 7. The Morgan fingerprint density at radius 2 is 2.48 bits per heavy atom. The predicted octanol–water partition coefficient (Wildman–Crippen LogP) is 2.41. The standard InChI is InChI=1S/C15H20N4O2S2/c1-2-16-13(20)10-23-15-18-17-14(12-6-4-8-22-12)19(15)9-11-5-3-7-21-11/h4,6,8,11H,2-3,5,7,9-10H2,1H3,(H,16,20). The molecule has 3 rings (SSSR count). The third kappa shape index (κ3) is 4.13. The molecule has 1 saturated heterocycles. The summed E-state index contributed by atoms with van der Waals surface area (Å²) in [5.74, 6) is 1.22. The number of carbonyl (C=O) groups is 1. The van der Waals surface area contributed by atoms with Gasteiger partial charge in [0.05, 0.1) is 23.3 Å². The first-order chi connectivity index (χ1) is 11.3. The first-order valence-corrected chi connectivity index (χ1v) is 9.62. The van der Waals surface area contributed by atoms with Crippen LogP contribution in [0.25, 0.3) is 10.7 Å². The largest absolute Gasteiger partial charge is 0.376 e. The lowest BCUT2D eigenvalue weighted by atomic mass is 10.2. The molecule has 0 bridgehead atoms. The van der Waals surface area contributed by atoms with E-state index in [0.717, 1.165) is 41.9 Å². The topological polar surface area (TPSA) is 69.0 Å². The highest BCUT2D eigenvalue weighted by molar-refractivity contribution is 7.99. The summed E-state index contributed by atoms with van der Waals surface area (Å²) in [5, 5.41) is 14.2. The molecule has 2 aromatic heterocycles. The molecule has 1 N–H and O–H groups in total. The first kappa shape index (κ1) is 16.5. The fourth-order valence-corrected chi connectivity index (χ4v) is 4.01. The van der Waals surface area contributed by atoms with E-state index >= 15 is 0 Å². The van der Waals surface area contributed by atoms with Crippen LogP contribution in [0.1, 0.15) is 19.8 Å². The fourth-order valence-electron chi connectivity index (χ4n) is 2.52. The quantitative estimate of drug-likeness (QED) is 0.775. The predicted molar refractivity (Wildman–Crippen MR) is 91.7 cm³/mol. The third-order valence-corrected chi connectivity index (χ3v) is 5.41. The Kier molecular flexibility index (Phi) is 5.69. The maximum atomic E-state index is 11.7. The molecule has 8 heteroatoms. The summed E-state index contributed by atoms with van der Waals surface area (Å²) in [6.45, 7) is 4.11. The van der Waals surface area contributed by atoms with Gasteiger partial charge in [-0.05, 0) is 31.2 Å². The second-order valence-electron chi connectivity index (χ2n) is 5.27. The van der Waals surface area contributed by atoms with Crippen LogP contribution in [0.3, 0.4) is 0 Å². The monoisotopic (exact) mass is 352 g/mol. The summed E-state index contributed by atoms with van der Waals surface area (Å²) < 4.78 is 7.85. The van der Waals surface area contributed by atoms with Crippen molar-refractivity contribution in [2.24, 2.45) is 0 Å². The van der Waals surface area contributed by atoms with Crippen LogP contribution in [-0.2, 0) is 16.1 Å². The number of nitrogens with zero attached hydrogens (tertiary/aromatic N) is 3. The number of ether oxygens (including phenoxy) is 1. The average molecular weight is 352 g/mol. The number of carbonyl (C=O) groups excluding carboxylic acids is 1. The lowest BCUT2D eigenvalue weighted by Crippen LogP contribution is -2.24. The van der Waals surface area contributed by atoms with Gasteiger partial charge in [0.1, 0.15) is 0 Å². The second-order valence-corrected chi connectivity index (χ2v) is 7.16. The van der Waals surface area contributed by atoms with Gasteiger partial charge >= 0.3 is 0 Å². The van der Waals surface area contributed by atoms with Gasteiger partial charge in [0.25, 0.3) is 0 Å². The smallest absolute Gasteiger partial charge is 0.230 e.